The Kier molecular flexibility index (Phi) is 4.07. The second kappa shape index (κ2) is 6.41. The molecule has 0 saturated heterocycles. The molecule has 0 saturated carbocycles. The summed E-state index contributed by atoms with van der Waals surface area (Å²) in [5.74, 6) is 0.283. The van der Waals surface area contributed by atoms with E-state index in [1.54, 1.807) is 0 Å². The zero-order valence-corrected chi connectivity index (χ0v) is 15.4. The number of aromatic hydroxyl groups is 1. The smallest absolute Gasteiger partial charge is 0.150 e. The van der Waals surface area contributed by atoms with Crippen LogP contribution in [0.5, 0.6) is 5.75 Å². The molecular formula is C21H24N4O. The highest BCUT2D eigenvalue weighted by atomic mass is 16.3. The Balaban J connectivity index is 1.79. The number of rotatable bonds is 4. The molecule has 2 aromatic carbocycles. The Labute approximate surface area is 153 Å². The molecule has 134 valence electrons. The Bertz CT molecular complexity index is 943. The third kappa shape index (κ3) is 2.60. The number of aromatic nitrogens is 2. The molecule has 1 unspecified atom stereocenters. The number of phenolic OH excluding ortho intramolecular Hbond substituents is 1. The van der Waals surface area contributed by atoms with Crippen LogP contribution in [0.2, 0.25) is 0 Å². The lowest BCUT2D eigenvalue weighted by atomic mass is 10.0. The summed E-state index contributed by atoms with van der Waals surface area (Å²) in [5.41, 5.74) is 6.06. The monoisotopic (exact) mass is 348 g/mol. The van der Waals surface area contributed by atoms with Crippen LogP contribution in [0.25, 0.3) is 11.3 Å². The minimum absolute atomic E-state index is 0.237. The summed E-state index contributed by atoms with van der Waals surface area (Å²) in [6.45, 7) is 8.05. The highest BCUT2D eigenvalue weighted by Crippen LogP contribution is 2.41. The lowest BCUT2D eigenvalue weighted by Crippen LogP contribution is -2.26. The van der Waals surface area contributed by atoms with Crippen molar-refractivity contribution in [1.82, 2.24) is 9.78 Å². The maximum absolute atomic E-state index is 10.8. The molecule has 3 aromatic rings. The maximum Gasteiger partial charge on any atom is 0.150 e. The molecule has 0 bridgehead atoms. The van der Waals surface area contributed by atoms with Gasteiger partial charge in [-0.25, -0.2) is 4.68 Å². The molecule has 2 N–H and O–H groups in total. The van der Waals surface area contributed by atoms with Gasteiger partial charge in [0.1, 0.15) is 5.75 Å². The predicted molar refractivity (Wildman–Crippen MR) is 106 cm³/mol. The van der Waals surface area contributed by atoms with Gasteiger partial charge in [0.15, 0.2) is 6.17 Å². The Morgan fingerprint density at radius 3 is 2.62 bits per heavy atom. The van der Waals surface area contributed by atoms with Gasteiger partial charge in [-0.1, -0.05) is 18.2 Å². The number of nitrogens with zero attached hydrogens (tertiary/aromatic N) is 3. The van der Waals surface area contributed by atoms with Crippen LogP contribution in [-0.2, 0) is 0 Å². The number of nitrogens with one attached hydrogen (secondary N) is 1. The van der Waals surface area contributed by atoms with E-state index in [1.807, 2.05) is 35.9 Å². The fraction of sp³-hybridized carbons (Fsp3) is 0.286. The SMILES string of the molecule is CCN(CC)c1ccc(C2Nc3ccccc3-c3cc(C)nn32)c(O)c1. The average molecular weight is 348 g/mol. The first kappa shape index (κ1) is 16.5. The molecule has 5 heteroatoms. The van der Waals surface area contributed by atoms with Gasteiger partial charge in [-0.05, 0) is 45.0 Å². The summed E-state index contributed by atoms with van der Waals surface area (Å²) in [6.07, 6.45) is -0.237. The van der Waals surface area contributed by atoms with E-state index in [2.05, 4.69) is 53.4 Å². The molecule has 0 radical (unpaired) electrons. The number of hydrogen-bond acceptors (Lipinski definition) is 4. The summed E-state index contributed by atoms with van der Waals surface area (Å²) >= 11 is 0. The number of anilines is 2. The van der Waals surface area contributed by atoms with Gasteiger partial charge in [0, 0.05) is 41.7 Å². The second-order valence-corrected chi connectivity index (χ2v) is 6.62. The number of fused-ring (bicyclic) bond motifs is 3. The number of hydrogen-bond donors (Lipinski definition) is 2. The van der Waals surface area contributed by atoms with Crippen molar-refractivity contribution in [3.05, 3.63) is 59.8 Å². The van der Waals surface area contributed by atoms with Crippen LogP contribution in [0.1, 0.15) is 31.3 Å². The van der Waals surface area contributed by atoms with E-state index in [0.717, 1.165) is 47.0 Å². The number of aryl methyl sites for hydroxylation is 1. The first-order valence-corrected chi connectivity index (χ1v) is 9.12. The Morgan fingerprint density at radius 1 is 1.12 bits per heavy atom. The van der Waals surface area contributed by atoms with Crippen molar-refractivity contribution in [2.75, 3.05) is 23.3 Å². The van der Waals surface area contributed by atoms with Gasteiger partial charge in [0.25, 0.3) is 0 Å². The van der Waals surface area contributed by atoms with Gasteiger partial charge in [0.05, 0.1) is 11.4 Å². The third-order valence-corrected chi connectivity index (χ3v) is 5.03. The van der Waals surface area contributed by atoms with Gasteiger partial charge >= 0.3 is 0 Å². The predicted octanol–water partition coefficient (Wildman–Crippen LogP) is 4.38. The lowest BCUT2D eigenvalue weighted by Gasteiger charge is -2.30. The summed E-state index contributed by atoms with van der Waals surface area (Å²) in [5, 5.41) is 19.0. The van der Waals surface area contributed by atoms with Gasteiger partial charge in [-0.2, -0.15) is 5.10 Å². The van der Waals surface area contributed by atoms with E-state index in [1.165, 1.54) is 0 Å². The van der Waals surface area contributed by atoms with Crippen LogP contribution in [0.15, 0.2) is 48.5 Å². The van der Waals surface area contributed by atoms with E-state index < -0.39 is 0 Å². The Hall–Kier alpha value is -2.95. The molecule has 26 heavy (non-hydrogen) atoms. The van der Waals surface area contributed by atoms with Crippen molar-refractivity contribution in [3.8, 4) is 17.0 Å². The van der Waals surface area contributed by atoms with Crippen molar-refractivity contribution >= 4 is 11.4 Å². The first-order valence-electron chi connectivity index (χ1n) is 9.12. The molecule has 2 heterocycles. The fourth-order valence-corrected chi connectivity index (χ4v) is 3.71. The van der Waals surface area contributed by atoms with Crippen LogP contribution in [0, 0.1) is 6.92 Å². The summed E-state index contributed by atoms with van der Waals surface area (Å²) < 4.78 is 1.96. The molecule has 1 aliphatic heterocycles. The molecule has 0 spiro atoms. The van der Waals surface area contributed by atoms with E-state index in [4.69, 9.17) is 0 Å². The lowest BCUT2D eigenvalue weighted by molar-refractivity contribution is 0.452. The largest absolute Gasteiger partial charge is 0.507 e. The average Bonchev–Trinajstić information content (AvgIpc) is 3.04. The first-order chi connectivity index (χ1) is 12.6. The highest BCUT2D eigenvalue weighted by Gasteiger charge is 2.28. The molecule has 0 aliphatic carbocycles. The van der Waals surface area contributed by atoms with Crippen molar-refractivity contribution in [2.24, 2.45) is 0 Å². The van der Waals surface area contributed by atoms with Gasteiger partial charge in [-0.3, -0.25) is 0 Å². The minimum atomic E-state index is -0.237. The summed E-state index contributed by atoms with van der Waals surface area (Å²) in [6, 6.07) is 16.2. The quantitative estimate of drug-likeness (QED) is 0.734. The molecule has 1 aliphatic rings. The zero-order valence-electron chi connectivity index (χ0n) is 15.4. The molecule has 1 aromatic heterocycles. The standard InChI is InChI=1S/C21H24N4O/c1-4-24(5-2)15-10-11-17(20(26)13-15)21-22-18-9-7-6-8-16(18)19-12-14(3)23-25(19)21/h6-13,21-22,26H,4-5H2,1-3H3. The normalized spacial score (nSPS) is 15.1. The van der Waals surface area contributed by atoms with E-state index in [0.29, 0.717) is 0 Å². The molecule has 1 atom stereocenters. The van der Waals surface area contributed by atoms with Gasteiger partial charge in [-0.15, -0.1) is 0 Å². The third-order valence-electron chi connectivity index (χ3n) is 5.03. The van der Waals surface area contributed by atoms with Crippen LogP contribution < -0.4 is 10.2 Å². The van der Waals surface area contributed by atoms with Gasteiger partial charge in [0.2, 0.25) is 0 Å². The van der Waals surface area contributed by atoms with Crippen molar-refractivity contribution in [3.63, 3.8) is 0 Å². The molecular weight excluding hydrogens is 324 g/mol. The number of phenols is 1. The van der Waals surface area contributed by atoms with E-state index in [-0.39, 0.29) is 11.9 Å². The van der Waals surface area contributed by atoms with Crippen LogP contribution >= 0.6 is 0 Å². The maximum atomic E-state index is 10.8. The van der Waals surface area contributed by atoms with E-state index >= 15 is 0 Å². The number of benzene rings is 2. The number of para-hydroxylation sites is 1. The van der Waals surface area contributed by atoms with Gasteiger partial charge < -0.3 is 15.3 Å². The highest BCUT2D eigenvalue weighted by molar-refractivity contribution is 5.79. The topological polar surface area (TPSA) is 53.3 Å². The second-order valence-electron chi connectivity index (χ2n) is 6.62. The molecule has 5 nitrogen and oxygen atoms in total. The summed E-state index contributed by atoms with van der Waals surface area (Å²) in [4.78, 5) is 2.22. The zero-order chi connectivity index (χ0) is 18.3. The van der Waals surface area contributed by atoms with Crippen molar-refractivity contribution in [2.45, 2.75) is 26.9 Å². The van der Waals surface area contributed by atoms with E-state index in [9.17, 15) is 5.11 Å². The Morgan fingerprint density at radius 2 is 1.88 bits per heavy atom. The van der Waals surface area contributed by atoms with Crippen LogP contribution in [0.3, 0.4) is 0 Å². The molecule has 0 amide bonds. The van der Waals surface area contributed by atoms with Crippen molar-refractivity contribution < 1.29 is 5.11 Å². The van der Waals surface area contributed by atoms with Crippen molar-refractivity contribution in [1.29, 1.82) is 0 Å². The molecule has 4 rings (SSSR count). The van der Waals surface area contributed by atoms with Crippen LogP contribution in [-0.4, -0.2) is 28.0 Å². The summed E-state index contributed by atoms with van der Waals surface area (Å²) in [7, 11) is 0. The van der Waals surface area contributed by atoms with Crippen LogP contribution in [0.4, 0.5) is 11.4 Å². The molecule has 0 fully saturated rings. The minimum Gasteiger partial charge on any atom is -0.507 e. The fourth-order valence-electron chi connectivity index (χ4n) is 3.71.